The first-order chi connectivity index (χ1) is 6.77. The van der Waals surface area contributed by atoms with Gasteiger partial charge in [-0.1, -0.05) is 12.2 Å². The van der Waals surface area contributed by atoms with Crippen LogP contribution in [-0.4, -0.2) is 29.2 Å². The number of Topliss-reactive ketones (excluding diaryl/α,β-unsaturated/α-hetero) is 1. The third kappa shape index (κ3) is 0.675. The fourth-order valence-corrected chi connectivity index (χ4v) is 3.75. The molecule has 0 aromatic rings. The monoisotopic (exact) mass is 192 g/mol. The third-order valence-electron chi connectivity index (χ3n) is 4.39. The van der Waals surface area contributed by atoms with Gasteiger partial charge in [0, 0.05) is 11.8 Å². The molecule has 3 nitrogen and oxygen atoms in total. The maximum atomic E-state index is 11.9. The van der Waals surface area contributed by atoms with Gasteiger partial charge in [0.1, 0.15) is 12.2 Å². The molecule has 4 aliphatic rings. The molecule has 14 heavy (non-hydrogen) atoms. The number of hydrogen-bond acceptors (Lipinski definition) is 3. The second-order valence-electron chi connectivity index (χ2n) is 4.97. The number of ether oxygens (including phenoxy) is 1. The summed E-state index contributed by atoms with van der Waals surface area (Å²) < 4.78 is 5.24. The first-order valence-electron chi connectivity index (χ1n) is 5.33. The molecular weight excluding hydrogens is 180 g/mol. The van der Waals surface area contributed by atoms with Crippen LogP contribution in [-0.2, 0) is 9.53 Å². The highest BCUT2D eigenvalue weighted by Crippen LogP contribution is 2.56. The normalized spacial score (nSPS) is 62.6. The van der Waals surface area contributed by atoms with Crippen LogP contribution >= 0.6 is 0 Å². The van der Waals surface area contributed by atoms with Crippen molar-refractivity contribution in [1.82, 2.24) is 0 Å². The summed E-state index contributed by atoms with van der Waals surface area (Å²) in [5.41, 5.74) is 0. The van der Waals surface area contributed by atoms with Crippen molar-refractivity contribution in [3.63, 3.8) is 0 Å². The van der Waals surface area contributed by atoms with Crippen LogP contribution in [0.3, 0.4) is 0 Å². The van der Waals surface area contributed by atoms with E-state index < -0.39 is 6.10 Å². The lowest BCUT2D eigenvalue weighted by atomic mass is 9.71. The van der Waals surface area contributed by atoms with Gasteiger partial charge < -0.3 is 9.84 Å². The Kier molecular flexibility index (Phi) is 1.15. The summed E-state index contributed by atoms with van der Waals surface area (Å²) in [6, 6.07) is 0. The third-order valence-corrected chi connectivity index (χ3v) is 4.39. The van der Waals surface area contributed by atoms with Crippen molar-refractivity contribution in [2.24, 2.45) is 23.7 Å². The maximum absolute atomic E-state index is 11.9. The fourth-order valence-electron chi connectivity index (χ4n) is 3.75. The van der Waals surface area contributed by atoms with Crippen LogP contribution in [0, 0.1) is 23.7 Å². The molecule has 74 valence electrons. The highest BCUT2D eigenvalue weighted by atomic mass is 16.6. The summed E-state index contributed by atoms with van der Waals surface area (Å²) >= 11 is 0. The number of epoxide rings is 1. The van der Waals surface area contributed by atoms with Gasteiger partial charge in [0.25, 0.3) is 0 Å². The van der Waals surface area contributed by atoms with Crippen molar-refractivity contribution in [3.8, 4) is 0 Å². The van der Waals surface area contributed by atoms with Gasteiger partial charge in [-0.05, 0) is 18.3 Å². The quantitative estimate of drug-likeness (QED) is 0.438. The van der Waals surface area contributed by atoms with Crippen LogP contribution in [0.25, 0.3) is 0 Å². The molecule has 7 atom stereocenters. The van der Waals surface area contributed by atoms with Gasteiger partial charge in [0.05, 0.1) is 6.10 Å². The Morgan fingerprint density at radius 3 is 3.00 bits per heavy atom. The number of aliphatic hydroxyl groups excluding tert-OH is 1. The molecule has 0 spiro atoms. The number of aliphatic hydroxyl groups is 1. The number of hydrogen-bond donors (Lipinski definition) is 1. The van der Waals surface area contributed by atoms with Gasteiger partial charge in [0.15, 0.2) is 5.78 Å². The second kappa shape index (κ2) is 2.12. The van der Waals surface area contributed by atoms with Gasteiger partial charge >= 0.3 is 0 Å². The average Bonchev–Trinajstić information content (AvgIpc) is 2.74. The van der Waals surface area contributed by atoms with Gasteiger partial charge in [-0.25, -0.2) is 0 Å². The van der Waals surface area contributed by atoms with Crippen molar-refractivity contribution >= 4 is 5.78 Å². The van der Waals surface area contributed by atoms with E-state index in [0.717, 1.165) is 6.42 Å². The molecule has 0 radical (unpaired) electrons. The standard InChI is InChI=1S/C11H12O3/c12-8-6-4-1-2-5(3-4)7(6)9(13)11-10(8)14-11/h1-2,4-8,10-12H,3H2. The Morgan fingerprint density at radius 2 is 2.14 bits per heavy atom. The van der Waals surface area contributed by atoms with Crippen molar-refractivity contribution in [2.45, 2.75) is 24.7 Å². The van der Waals surface area contributed by atoms with Gasteiger partial charge in [-0.2, -0.15) is 0 Å². The van der Waals surface area contributed by atoms with Gasteiger partial charge in [-0.3, -0.25) is 4.79 Å². The number of allylic oxidation sites excluding steroid dienone is 2. The number of carbonyl (C=O) groups excluding carboxylic acids is 1. The minimum Gasteiger partial charge on any atom is -0.390 e. The fraction of sp³-hybridized carbons (Fsp3) is 0.727. The zero-order valence-corrected chi connectivity index (χ0v) is 7.67. The summed E-state index contributed by atoms with van der Waals surface area (Å²) in [6.45, 7) is 0. The van der Waals surface area contributed by atoms with Crippen molar-refractivity contribution in [3.05, 3.63) is 12.2 Å². The molecule has 1 N–H and O–H groups in total. The van der Waals surface area contributed by atoms with Crippen molar-refractivity contribution in [1.29, 1.82) is 0 Å². The molecule has 3 fully saturated rings. The summed E-state index contributed by atoms with van der Waals surface area (Å²) in [7, 11) is 0. The Bertz CT molecular complexity index is 348. The highest BCUT2D eigenvalue weighted by molar-refractivity contribution is 5.91. The number of rotatable bonds is 0. The highest BCUT2D eigenvalue weighted by Gasteiger charge is 2.65. The molecule has 0 aromatic heterocycles. The number of fused-ring (bicyclic) bond motifs is 6. The molecule has 2 bridgehead atoms. The van der Waals surface area contributed by atoms with Crippen LogP contribution in [0.1, 0.15) is 6.42 Å². The molecular formula is C11H12O3. The molecule has 4 rings (SSSR count). The largest absolute Gasteiger partial charge is 0.390 e. The Hall–Kier alpha value is -0.670. The van der Waals surface area contributed by atoms with E-state index in [4.69, 9.17) is 4.74 Å². The second-order valence-corrected chi connectivity index (χ2v) is 4.97. The van der Waals surface area contributed by atoms with Crippen molar-refractivity contribution in [2.75, 3.05) is 0 Å². The van der Waals surface area contributed by atoms with E-state index in [-0.39, 0.29) is 29.8 Å². The van der Waals surface area contributed by atoms with E-state index in [9.17, 15) is 9.90 Å². The topological polar surface area (TPSA) is 49.8 Å². The van der Waals surface area contributed by atoms with Crippen LogP contribution in [0.4, 0.5) is 0 Å². The van der Waals surface area contributed by atoms with E-state index in [1.54, 1.807) is 0 Å². The van der Waals surface area contributed by atoms with Crippen LogP contribution in [0.2, 0.25) is 0 Å². The molecule has 3 aliphatic carbocycles. The van der Waals surface area contributed by atoms with E-state index >= 15 is 0 Å². The molecule has 1 saturated heterocycles. The SMILES string of the molecule is O=C1C2OC2C(O)C2C3C=CC(C3)C12. The molecule has 0 aromatic carbocycles. The molecule has 1 aliphatic heterocycles. The zero-order chi connectivity index (χ0) is 9.45. The van der Waals surface area contributed by atoms with E-state index in [1.165, 1.54) is 0 Å². The Balaban J connectivity index is 1.80. The zero-order valence-electron chi connectivity index (χ0n) is 7.67. The van der Waals surface area contributed by atoms with Crippen LogP contribution < -0.4 is 0 Å². The van der Waals surface area contributed by atoms with E-state index in [1.807, 2.05) is 0 Å². The average molecular weight is 192 g/mol. The lowest BCUT2D eigenvalue weighted by molar-refractivity contribution is -0.129. The van der Waals surface area contributed by atoms with Crippen LogP contribution in [0.5, 0.6) is 0 Å². The summed E-state index contributed by atoms with van der Waals surface area (Å²) in [6.07, 6.45) is 4.56. The first-order valence-corrected chi connectivity index (χ1v) is 5.33. The number of carbonyl (C=O) groups is 1. The van der Waals surface area contributed by atoms with E-state index in [2.05, 4.69) is 12.2 Å². The molecule has 2 saturated carbocycles. The summed E-state index contributed by atoms with van der Waals surface area (Å²) in [5, 5.41) is 10.0. The predicted molar refractivity (Wildman–Crippen MR) is 47.4 cm³/mol. The minimum atomic E-state index is -0.400. The molecule has 3 heteroatoms. The Morgan fingerprint density at radius 1 is 1.36 bits per heavy atom. The maximum Gasteiger partial charge on any atom is 0.168 e. The molecule has 7 unspecified atom stereocenters. The van der Waals surface area contributed by atoms with Crippen LogP contribution in [0.15, 0.2) is 12.2 Å². The lowest BCUT2D eigenvalue weighted by Crippen LogP contribution is -2.45. The molecule has 0 amide bonds. The first kappa shape index (κ1) is 7.60. The van der Waals surface area contributed by atoms with Gasteiger partial charge in [0.2, 0.25) is 0 Å². The predicted octanol–water partition coefficient (Wildman–Crippen LogP) is 0.136. The smallest absolute Gasteiger partial charge is 0.168 e. The van der Waals surface area contributed by atoms with E-state index in [0.29, 0.717) is 11.8 Å². The van der Waals surface area contributed by atoms with Gasteiger partial charge in [-0.15, -0.1) is 0 Å². The minimum absolute atomic E-state index is 0.0590. The summed E-state index contributed by atoms with van der Waals surface area (Å²) in [5.74, 6) is 1.28. The number of ketones is 1. The summed E-state index contributed by atoms with van der Waals surface area (Å²) in [4.78, 5) is 11.9. The molecule has 1 heterocycles. The Labute approximate surface area is 81.7 Å². The van der Waals surface area contributed by atoms with Crippen molar-refractivity contribution < 1.29 is 14.6 Å². The lowest BCUT2D eigenvalue weighted by Gasteiger charge is -2.32.